The van der Waals surface area contributed by atoms with E-state index in [1.807, 2.05) is 18.2 Å². The summed E-state index contributed by atoms with van der Waals surface area (Å²) in [6.45, 7) is 2.55. The predicted octanol–water partition coefficient (Wildman–Crippen LogP) is 2.12. The lowest BCUT2D eigenvalue weighted by molar-refractivity contribution is 0.0946. The third-order valence-electron chi connectivity index (χ3n) is 5.29. The van der Waals surface area contributed by atoms with E-state index in [1.54, 1.807) is 6.07 Å². The quantitative estimate of drug-likeness (QED) is 0.898. The number of benzene rings is 1. The van der Waals surface area contributed by atoms with Crippen molar-refractivity contribution in [1.29, 1.82) is 0 Å². The number of nitrogens with one attached hydrogen (secondary N) is 2. The van der Waals surface area contributed by atoms with Crippen molar-refractivity contribution in [1.82, 2.24) is 10.3 Å². The summed E-state index contributed by atoms with van der Waals surface area (Å²) in [5, 5.41) is 2.96. The molecule has 130 valence electrons. The van der Waals surface area contributed by atoms with E-state index >= 15 is 0 Å². The number of aryl methyl sites for hydroxylation is 2. The summed E-state index contributed by atoms with van der Waals surface area (Å²) in [5.41, 5.74) is 3.32. The van der Waals surface area contributed by atoms with Gasteiger partial charge in [-0.05, 0) is 55.4 Å². The average molecular weight is 337 g/mol. The number of hydrogen-bond acceptors (Lipinski definition) is 3. The van der Waals surface area contributed by atoms with Gasteiger partial charge in [-0.3, -0.25) is 9.59 Å². The molecule has 2 heterocycles. The van der Waals surface area contributed by atoms with Crippen molar-refractivity contribution in [2.24, 2.45) is 5.92 Å². The van der Waals surface area contributed by atoms with Gasteiger partial charge in [-0.1, -0.05) is 18.2 Å². The zero-order chi connectivity index (χ0) is 17.2. The lowest BCUT2D eigenvalue weighted by Crippen LogP contribution is -2.34. The van der Waals surface area contributed by atoms with Crippen LogP contribution in [0.2, 0.25) is 0 Å². The van der Waals surface area contributed by atoms with Gasteiger partial charge in [-0.25, -0.2) is 0 Å². The first-order valence-corrected chi connectivity index (χ1v) is 9.04. The Morgan fingerprint density at radius 2 is 2.08 bits per heavy atom. The van der Waals surface area contributed by atoms with Crippen LogP contribution in [0.15, 0.2) is 41.2 Å². The number of carbonyl (C=O) groups is 1. The van der Waals surface area contributed by atoms with Gasteiger partial charge in [0, 0.05) is 31.0 Å². The highest BCUT2D eigenvalue weighted by atomic mass is 16.2. The van der Waals surface area contributed by atoms with E-state index in [2.05, 4.69) is 27.3 Å². The number of para-hydroxylation sites is 1. The van der Waals surface area contributed by atoms with Gasteiger partial charge in [-0.15, -0.1) is 0 Å². The molecule has 5 heteroatoms. The molecule has 0 radical (unpaired) electrons. The number of anilines is 1. The van der Waals surface area contributed by atoms with Gasteiger partial charge in [0.2, 0.25) is 0 Å². The van der Waals surface area contributed by atoms with E-state index < -0.39 is 0 Å². The number of aromatic nitrogens is 1. The molecule has 1 aliphatic heterocycles. The van der Waals surface area contributed by atoms with Crippen LogP contribution in [-0.4, -0.2) is 30.5 Å². The van der Waals surface area contributed by atoms with Gasteiger partial charge in [0.25, 0.3) is 11.5 Å². The number of aromatic amines is 1. The summed E-state index contributed by atoms with van der Waals surface area (Å²) >= 11 is 0. The van der Waals surface area contributed by atoms with Crippen molar-refractivity contribution in [3.05, 3.63) is 63.6 Å². The van der Waals surface area contributed by atoms with Crippen molar-refractivity contribution in [3.63, 3.8) is 0 Å². The summed E-state index contributed by atoms with van der Waals surface area (Å²) in [4.78, 5) is 29.8. The first-order valence-electron chi connectivity index (χ1n) is 9.04. The van der Waals surface area contributed by atoms with Gasteiger partial charge in [0.1, 0.15) is 5.56 Å². The molecule has 1 atom stereocenters. The van der Waals surface area contributed by atoms with Crippen LogP contribution in [0.25, 0.3) is 0 Å². The Morgan fingerprint density at radius 3 is 2.92 bits per heavy atom. The first kappa shape index (κ1) is 15.9. The minimum Gasteiger partial charge on any atom is -0.371 e. The molecule has 5 nitrogen and oxygen atoms in total. The lowest BCUT2D eigenvalue weighted by atomic mass is 10.1. The lowest BCUT2D eigenvalue weighted by Gasteiger charge is -2.18. The van der Waals surface area contributed by atoms with Crippen LogP contribution in [0, 0.1) is 5.92 Å². The Bertz CT molecular complexity index is 829. The molecule has 1 saturated heterocycles. The van der Waals surface area contributed by atoms with Crippen LogP contribution >= 0.6 is 0 Å². The van der Waals surface area contributed by atoms with Gasteiger partial charge in [0.05, 0.1) is 0 Å². The Kier molecular flexibility index (Phi) is 4.30. The minimum absolute atomic E-state index is 0.249. The highest BCUT2D eigenvalue weighted by Gasteiger charge is 2.24. The van der Waals surface area contributed by atoms with Crippen LogP contribution in [0.1, 0.15) is 34.5 Å². The third-order valence-corrected chi connectivity index (χ3v) is 5.29. The third kappa shape index (κ3) is 3.31. The smallest absolute Gasteiger partial charge is 0.261 e. The molecule has 0 bridgehead atoms. The summed E-state index contributed by atoms with van der Waals surface area (Å²) in [6, 6.07) is 12.1. The molecule has 4 rings (SSSR count). The summed E-state index contributed by atoms with van der Waals surface area (Å²) < 4.78 is 0. The molecule has 1 fully saturated rings. The zero-order valence-corrected chi connectivity index (χ0v) is 14.3. The molecule has 0 spiro atoms. The van der Waals surface area contributed by atoms with Crippen LogP contribution in [0.5, 0.6) is 0 Å². The van der Waals surface area contributed by atoms with Gasteiger partial charge in [-0.2, -0.15) is 0 Å². The average Bonchev–Trinajstić information content (AvgIpc) is 3.28. The van der Waals surface area contributed by atoms with Crippen molar-refractivity contribution in [3.8, 4) is 0 Å². The van der Waals surface area contributed by atoms with Gasteiger partial charge >= 0.3 is 0 Å². The molecule has 2 aromatic rings. The highest BCUT2D eigenvalue weighted by Crippen LogP contribution is 2.23. The number of nitrogens with zero attached hydrogens (tertiary/aromatic N) is 1. The maximum absolute atomic E-state index is 12.4. The van der Waals surface area contributed by atoms with E-state index in [4.69, 9.17) is 0 Å². The van der Waals surface area contributed by atoms with E-state index in [9.17, 15) is 9.59 Å². The molecule has 1 aromatic heterocycles. The highest BCUT2D eigenvalue weighted by molar-refractivity contribution is 5.94. The number of carbonyl (C=O) groups excluding carboxylic acids is 1. The number of fused-ring (bicyclic) bond motifs is 1. The Labute approximate surface area is 147 Å². The second-order valence-corrected chi connectivity index (χ2v) is 7.02. The molecule has 2 aliphatic rings. The molecule has 1 aliphatic carbocycles. The number of H-pyrrole nitrogens is 1. The zero-order valence-electron chi connectivity index (χ0n) is 14.3. The SMILES string of the molecule is O=C(NCC1CCN(c2ccccc2)C1)c1cc2c([nH]c1=O)CCC2. The molecule has 2 N–H and O–H groups in total. The summed E-state index contributed by atoms with van der Waals surface area (Å²) in [5.74, 6) is 0.159. The minimum atomic E-state index is -0.268. The fourth-order valence-electron chi connectivity index (χ4n) is 3.89. The molecular weight excluding hydrogens is 314 g/mol. The Morgan fingerprint density at radius 1 is 1.24 bits per heavy atom. The van der Waals surface area contributed by atoms with Crippen molar-refractivity contribution in [2.75, 3.05) is 24.5 Å². The predicted molar refractivity (Wildman–Crippen MR) is 98.2 cm³/mol. The molecule has 1 amide bonds. The van der Waals surface area contributed by atoms with E-state index in [0.717, 1.165) is 50.0 Å². The standard InChI is InChI=1S/C20H23N3O2/c24-19(17-11-15-5-4-8-18(15)22-20(17)25)21-12-14-9-10-23(13-14)16-6-2-1-3-7-16/h1-3,6-7,11,14H,4-5,8-10,12-13H2,(H,21,24)(H,22,25). The largest absolute Gasteiger partial charge is 0.371 e. The fraction of sp³-hybridized carbons (Fsp3) is 0.400. The topological polar surface area (TPSA) is 65.2 Å². The van der Waals surface area contributed by atoms with Crippen molar-refractivity contribution in [2.45, 2.75) is 25.7 Å². The van der Waals surface area contributed by atoms with Gasteiger partial charge in [0.15, 0.2) is 0 Å². The number of pyridine rings is 1. The van der Waals surface area contributed by atoms with E-state index in [-0.39, 0.29) is 17.0 Å². The normalized spacial score (nSPS) is 19.0. The van der Waals surface area contributed by atoms with Gasteiger partial charge < -0.3 is 15.2 Å². The molecule has 0 saturated carbocycles. The molecule has 1 aromatic carbocycles. The van der Waals surface area contributed by atoms with Crippen molar-refractivity contribution < 1.29 is 4.79 Å². The number of hydrogen-bond donors (Lipinski definition) is 2. The Hall–Kier alpha value is -2.56. The second kappa shape index (κ2) is 6.75. The second-order valence-electron chi connectivity index (χ2n) is 7.02. The maximum atomic E-state index is 12.4. The first-order chi connectivity index (χ1) is 12.2. The monoisotopic (exact) mass is 337 g/mol. The van der Waals surface area contributed by atoms with Crippen molar-refractivity contribution >= 4 is 11.6 Å². The maximum Gasteiger partial charge on any atom is 0.261 e. The van der Waals surface area contributed by atoms with Crippen LogP contribution in [-0.2, 0) is 12.8 Å². The Balaban J connectivity index is 1.36. The van der Waals surface area contributed by atoms with Crippen LogP contribution in [0.3, 0.4) is 0 Å². The summed E-state index contributed by atoms with van der Waals surface area (Å²) in [6.07, 6.45) is 3.95. The van der Waals surface area contributed by atoms with E-state index in [0.29, 0.717) is 12.5 Å². The molecular formula is C20H23N3O2. The molecule has 25 heavy (non-hydrogen) atoms. The van der Waals surface area contributed by atoms with Crippen LogP contribution in [0.4, 0.5) is 5.69 Å². The van der Waals surface area contributed by atoms with Crippen LogP contribution < -0.4 is 15.8 Å². The number of amides is 1. The van der Waals surface area contributed by atoms with E-state index in [1.165, 1.54) is 5.69 Å². The number of rotatable bonds is 4. The summed E-state index contributed by atoms with van der Waals surface area (Å²) in [7, 11) is 0. The molecule has 1 unspecified atom stereocenters. The fourth-order valence-corrected chi connectivity index (χ4v) is 3.89.